The van der Waals surface area contributed by atoms with E-state index in [0.29, 0.717) is 11.3 Å². The molecule has 1 fully saturated rings. The lowest BCUT2D eigenvalue weighted by Crippen LogP contribution is -2.19. The van der Waals surface area contributed by atoms with Crippen LogP contribution in [0.3, 0.4) is 0 Å². The molecule has 0 bridgehead atoms. The first-order valence-corrected chi connectivity index (χ1v) is 10.7. The van der Waals surface area contributed by atoms with E-state index in [4.69, 9.17) is 0 Å². The Morgan fingerprint density at radius 3 is 2.74 bits per heavy atom. The number of amides is 1. The summed E-state index contributed by atoms with van der Waals surface area (Å²) >= 11 is 0. The van der Waals surface area contributed by atoms with E-state index in [1.807, 2.05) is 48.0 Å². The van der Waals surface area contributed by atoms with E-state index >= 15 is 0 Å². The van der Waals surface area contributed by atoms with E-state index in [2.05, 4.69) is 37.2 Å². The van der Waals surface area contributed by atoms with Gasteiger partial charge < -0.3 is 15.2 Å². The third kappa shape index (κ3) is 3.76. The third-order valence-corrected chi connectivity index (χ3v) is 5.62. The Balaban J connectivity index is 1.35. The fourth-order valence-corrected chi connectivity index (χ4v) is 4.04. The second-order valence-corrected chi connectivity index (χ2v) is 7.86. The van der Waals surface area contributed by atoms with Gasteiger partial charge in [0.1, 0.15) is 11.5 Å². The van der Waals surface area contributed by atoms with Gasteiger partial charge in [0.2, 0.25) is 0 Å². The summed E-state index contributed by atoms with van der Waals surface area (Å²) in [5, 5.41) is 7.45. The van der Waals surface area contributed by atoms with Gasteiger partial charge in [0.25, 0.3) is 5.91 Å². The summed E-state index contributed by atoms with van der Waals surface area (Å²) in [5.41, 5.74) is 4.84. The molecule has 4 aromatic rings. The van der Waals surface area contributed by atoms with Crippen molar-refractivity contribution in [2.75, 3.05) is 23.3 Å². The molecule has 0 saturated carbocycles. The van der Waals surface area contributed by atoms with Gasteiger partial charge in [-0.05, 0) is 63.1 Å². The maximum atomic E-state index is 12.7. The van der Waals surface area contributed by atoms with Gasteiger partial charge in [0, 0.05) is 31.5 Å². The van der Waals surface area contributed by atoms with Crippen molar-refractivity contribution in [3.63, 3.8) is 0 Å². The highest BCUT2D eigenvalue weighted by molar-refractivity contribution is 6.04. The summed E-state index contributed by atoms with van der Waals surface area (Å²) < 4.78 is 1.93. The van der Waals surface area contributed by atoms with E-state index in [0.717, 1.165) is 53.7 Å². The molecule has 0 aliphatic carbocycles. The summed E-state index contributed by atoms with van der Waals surface area (Å²) in [7, 11) is 0. The summed E-state index contributed by atoms with van der Waals surface area (Å²) in [6, 6.07) is 11.4. The normalized spacial score (nSPS) is 13.8. The number of hydrogen-bond acceptors (Lipinski definition) is 5. The maximum absolute atomic E-state index is 12.7. The molecule has 158 valence electrons. The number of benzene rings is 1. The molecule has 3 aromatic heterocycles. The molecule has 0 unspecified atom stereocenters. The lowest BCUT2D eigenvalue weighted by Gasteiger charge is -2.16. The number of rotatable bonds is 5. The number of H-pyrrole nitrogens is 1. The molecule has 8 nitrogen and oxygen atoms in total. The van der Waals surface area contributed by atoms with Crippen LogP contribution in [0.5, 0.6) is 0 Å². The molecule has 1 amide bonds. The van der Waals surface area contributed by atoms with Gasteiger partial charge in [-0.2, -0.15) is 5.10 Å². The van der Waals surface area contributed by atoms with Gasteiger partial charge in [-0.25, -0.2) is 9.97 Å². The highest BCUT2D eigenvalue weighted by Gasteiger charge is 2.15. The van der Waals surface area contributed by atoms with Gasteiger partial charge >= 0.3 is 0 Å². The maximum Gasteiger partial charge on any atom is 0.257 e. The molecule has 0 spiro atoms. The predicted molar refractivity (Wildman–Crippen MR) is 121 cm³/mol. The van der Waals surface area contributed by atoms with Gasteiger partial charge in [-0.1, -0.05) is 0 Å². The number of imidazole rings is 1. The van der Waals surface area contributed by atoms with Crippen molar-refractivity contribution < 1.29 is 4.79 Å². The quantitative estimate of drug-likeness (QED) is 0.514. The number of aryl methyl sites for hydroxylation is 2. The molecule has 0 radical (unpaired) electrons. The standard InChI is InChI=1S/C23H25N7O/c1-3-30-20(12-15(2)28-30)22-26-18-8-7-17(13-19(18)27-22)25-23(31)16-6-9-21(24-14-16)29-10-4-5-11-29/h6-9,12-14H,3-5,10-11H2,1-2H3,(H,25,31)(H,26,27). The van der Waals surface area contributed by atoms with Gasteiger partial charge in [0.05, 0.1) is 22.3 Å². The monoisotopic (exact) mass is 415 g/mol. The Morgan fingerprint density at radius 1 is 1.16 bits per heavy atom. The zero-order chi connectivity index (χ0) is 21.4. The number of carbonyl (C=O) groups excluding carboxylic acids is 1. The number of nitrogens with zero attached hydrogens (tertiary/aromatic N) is 5. The van der Waals surface area contributed by atoms with Crippen LogP contribution in [0, 0.1) is 6.92 Å². The van der Waals surface area contributed by atoms with Crippen molar-refractivity contribution in [3.8, 4) is 11.5 Å². The van der Waals surface area contributed by atoms with Gasteiger partial charge in [-0.15, -0.1) is 0 Å². The van der Waals surface area contributed by atoms with Crippen molar-refractivity contribution in [3.05, 3.63) is 53.9 Å². The highest BCUT2D eigenvalue weighted by Crippen LogP contribution is 2.24. The van der Waals surface area contributed by atoms with Crippen LogP contribution in [0.15, 0.2) is 42.6 Å². The number of carbonyl (C=O) groups is 1. The number of anilines is 2. The molecular weight excluding hydrogens is 390 g/mol. The summed E-state index contributed by atoms with van der Waals surface area (Å²) in [5.74, 6) is 1.52. The van der Waals surface area contributed by atoms with Crippen LogP contribution in [0.25, 0.3) is 22.6 Å². The van der Waals surface area contributed by atoms with Crippen LogP contribution in [-0.4, -0.2) is 43.7 Å². The van der Waals surface area contributed by atoms with Crippen molar-refractivity contribution >= 4 is 28.4 Å². The van der Waals surface area contributed by atoms with Crippen LogP contribution in [0.1, 0.15) is 35.8 Å². The van der Waals surface area contributed by atoms with E-state index in [1.54, 1.807) is 6.20 Å². The number of aromatic amines is 1. The fourth-order valence-electron chi connectivity index (χ4n) is 4.04. The highest BCUT2D eigenvalue weighted by atomic mass is 16.1. The molecule has 1 aliphatic rings. The van der Waals surface area contributed by atoms with Crippen LogP contribution < -0.4 is 10.2 Å². The number of aromatic nitrogens is 5. The first-order chi connectivity index (χ1) is 15.1. The van der Waals surface area contributed by atoms with Crippen molar-refractivity contribution in [2.45, 2.75) is 33.2 Å². The first kappa shape index (κ1) is 19.3. The largest absolute Gasteiger partial charge is 0.357 e. The van der Waals surface area contributed by atoms with Crippen molar-refractivity contribution in [1.82, 2.24) is 24.7 Å². The number of pyridine rings is 1. The van der Waals surface area contributed by atoms with E-state index in [-0.39, 0.29) is 5.91 Å². The first-order valence-electron chi connectivity index (χ1n) is 10.7. The Labute approximate surface area is 180 Å². The minimum Gasteiger partial charge on any atom is -0.357 e. The molecule has 31 heavy (non-hydrogen) atoms. The Bertz CT molecular complexity index is 1230. The summed E-state index contributed by atoms with van der Waals surface area (Å²) in [6.07, 6.45) is 4.04. The van der Waals surface area contributed by atoms with Crippen molar-refractivity contribution in [1.29, 1.82) is 0 Å². The van der Waals surface area contributed by atoms with E-state index < -0.39 is 0 Å². The molecule has 2 N–H and O–H groups in total. The minimum atomic E-state index is -0.181. The molecule has 4 heterocycles. The second kappa shape index (κ2) is 7.86. The topological polar surface area (TPSA) is 91.7 Å². The second-order valence-electron chi connectivity index (χ2n) is 7.86. The van der Waals surface area contributed by atoms with Crippen LogP contribution >= 0.6 is 0 Å². The average Bonchev–Trinajstić information content (AvgIpc) is 3.52. The minimum absolute atomic E-state index is 0.181. The van der Waals surface area contributed by atoms with E-state index in [9.17, 15) is 4.79 Å². The fraction of sp³-hybridized carbons (Fsp3) is 0.304. The van der Waals surface area contributed by atoms with Crippen LogP contribution in [-0.2, 0) is 6.54 Å². The summed E-state index contributed by atoms with van der Waals surface area (Å²) in [6.45, 7) is 6.86. The Kier molecular flexibility index (Phi) is 4.89. The zero-order valence-electron chi connectivity index (χ0n) is 17.7. The van der Waals surface area contributed by atoms with E-state index in [1.165, 1.54) is 12.8 Å². The van der Waals surface area contributed by atoms with Crippen molar-refractivity contribution in [2.24, 2.45) is 0 Å². The molecule has 1 aliphatic heterocycles. The Hall–Kier alpha value is -3.68. The van der Waals surface area contributed by atoms with Gasteiger partial charge in [0.15, 0.2) is 5.82 Å². The smallest absolute Gasteiger partial charge is 0.257 e. The molecule has 1 aromatic carbocycles. The van der Waals surface area contributed by atoms with Crippen LogP contribution in [0.2, 0.25) is 0 Å². The lowest BCUT2D eigenvalue weighted by atomic mass is 10.2. The third-order valence-electron chi connectivity index (χ3n) is 5.62. The summed E-state index contributed by atoms with van der Waals surface area (Å²) in [4.78, 5) is 27.4. The molecule has 8 heteroatoms. The number of hydrogen-bond donors (Lipinski definition) is 2. The molecular formula is C23H25N7O. The predicted octanol–water partition coefficient (Wildman–Crippen LogP) is 4.00. The molecule has 0 atom stereocenters. The Morgan fingerprint density at radius 2 is 2.00 bits per heavy atom. The average molecular weight is 416 g/mol. The molecule has 1 saturated heterocycles. The van der Waals surface area contributed by atoms with Gasteiger partial charge in [-0.3, -0.25) is 9.48 Å². The number of fused-ring (bicyclic) bond motifs is 1. The zero-order valence-corrected chi connectivity index (χ0v) is 17.7. The van der Waals surface area contributed by atoms with Crippen LogP contribution in [0.4, 0.5) is 11.5 Å². The molecule has 5 rings (SSSR count). The SMILES string of the molecule is CCn1nc(C)cc1-c1nc2ccc(NC(=O)c3ccc(N4CCCC4)nc3)cc2[nH]1. The lowest BCUT2D eigenvalue weighted by molar-refractivity contribution is 0.102. The number of nitrogens with one attached hydrogen (secondary N) is 2.